The molecule has 114 valence electrons. The average Bonchev–Trinajstić information content (AvgIpc) is 2.46. The summed E-state index contributed by atoms with van der Waals surface area (Å²) in [6, 6.07) is 2.88. The van der Waals surface area contributed by atoms with E-state index in [1.54, 1.807) is 0 Å². The summed E-state index contributed by atoms with van der Waals surface area (Å²) >= 11 is 5.67. The summed E-state index contributed by atoms with van der Waals surface area (Å²) in [4.78, 5) is 25.1. The summed E-state index contributed by atoms with van der Waals surface area (Å²) < 4.78 is 13.8. The molecule has 0 spiro atoms. The lowest BCUT2D eigenvalue weighted by molar-refractivity contribution is -0.144. The Kier molecular flexibility index (Phi) is 4.83. The molecule has 1 fully saturated rings. The molecule has 0 saturated carbocycles. The predicted octanol–water partition coefficient (Wildman–Crippen LogP) is 3.19. The second kappa shape index (κ2) is 6.43. The standard InChI is InChI=1S/C15H17ClFNO3/c1-2-9-5-6-18(13(7-9)15(20)21)14(19)11-4-3-10(16)8-12(11)17/h3-4,8-9,13H,2,5-7H2,1H3,(H,20,21). The van der Waals surface area contributed by atoms with Crippen LogP contribution in [0.5, 0.6) is 0 Å². The zero-order valence-corrected chi connectivity index (χ0v) is 12.4. The highest BCUT2D eigenvalue weighted by molar-refractivity contribution is 6.30. The molecule has 2 rings (SSSR count). The number of carbonyl (C=O) groups is 2. The molecular weight excluding hydrogens is 297 g/mol. The summed E-state index contributed by atoms with van der Waals surface area (Å²) in [5, 5.41) is 9.52. The number of piperidine rings is 1. The lowest BCUT2D eigenvalue weighted by Crippen LogP contribution is -2.50. The Labute approximate surface area is 127 Å². The lowest BCUT2D eigenvalue weighted by atomic mass is 9.88. The molecule has 1 N–H and O–H groups in total. The molecule has 1 aliphatic heterocycles. The van der Waals surface area contributed by atoms with E-state index in [1.807, 2.05) is 6.92 Å². The van der Waals surface area contributed by atoms with Gasteiger partial charge in [0.2, 0.25) is 0 Å². The molecule has 0 aromatic heterocycles. The predicted molar refractivity (Wildman–Crippen MR) is 76.9 cm³/mol. The number of carbonyl (C=O) groups excluding carboxylic acids is 1. The zero-order chi connectivity index (χ0) is 15.6. The maximum absolute atomic E-state index is 13.8. The molecule has 0 radical (unpaired) electrons. The molecule has 21 heavy (non-hydrogen) atoms. The SMILES string of the molecule is CCC1CCN(C(=O)c2ccc(Cl)cc2F)C(C(=O)O)C1. The van der Waals surface area contributed by atoms with Crippen LogP contribution in [0, 0.1) is 11.7 Å². The summed E-state index contributed by atoms with van der Waals surface area (Å²) in [5.74, 6) is -2.08. The summed E-state index contributed by atoms with van der Waals surface area (Å²) in [5.41, 5.74) is -0.138. The van der Waals surface area contributed by atoms with Crippen LogP contribution in [0.2, 0.25) is 5.02 Å². The molecule has 1 saturated heterocycles. The highest BCUT2D eigenvalue weighted by Gasteiger charge is 2.36. The molecule has 2 atom stereocenters. The van der Waals surface area contributed by atoms with Crippen molar-refractivity contribution >= 4 is 23.5 Å². The fraction of sp³-hybridized carbons (Fsp3) is 0.467. The van der Waals surface area contributed by atoms with Gasteiger partial charge in [-0.05, 0) is 37.0 Å². The Morgan fingerprint density at radius 1 is 1.48 bits per heavy atom. The summed E-state index contributed by atoms with van der Waals surface area (Å²) in [6.07, 6.45) is 2.02. The number of carboxylic acid groups (broad SMARTS) is 1. The van der Waals surface area contributed by atoms with Gasteiger partial charge in [-0.3, -0.25) is 4.79 Å². The number of hydrogen-bond acceptors (Lipinski definition) is 2. The summed E-state index contributed by atoms with van der Waals surface area (Å²) in [6.45, 7) is 2.33. The lowest BCUT2D eigenvalue weighted by Gasteiger charge is -2.37. The van der Waals surface area contributed by atoms with E-state index in [9.17, 15) is 19.1 Å². The highest BCUT2D eigenvalue weighted by atomic mass is 35.5. The number of aliphatic carboxylic acids is 1. The molecule has 0 bridgehead atoms. The van der Waals surface area contributed by atoms with Crippen molar-refractivity contribution in [2.45, 2.75) is 32.2 Å². The van der Waals surface area contributed by atoms with E-state index < -0.39 is 23.7 Å². The highest BCUT2D eigenvalue weighted by Crippen LogP contribution is 2.27. The fourth-order valence-electron chi connectivity index (χ4n) is 2.70. The molecule has 0 aliphatic carbocycles. The molecule has 2 unspecified atom stereocenters. The Hall–Kier alpha value is -1.62. The molecule has 1 heterocycles. The number of likely N-dealkylation sites (tertiary alicyclic amines) is 1. The number of hydrogen-bond donors (Lipinski definition) is 1. The first-order valence-electron chi connectivity index (χ1n) is 6.92. The average molecular weight is 314 g/mol. The van der Waals surface area contributed by atoms with Gasteiger partial charge in [-0.15, -0.1) is 0 Å². The van der Waals surface area contributed by atoms with E-state index in [0.717, 1.165) is 18.9 Å². The first-order valence-corrected chi connectivity index (χ1v) is 7.30. The van der Waals surface area contributed by atoms with E-state index in [-0.39, 0.29) is 16.5 Å². The van der Waals surface area contributed by atoms with Gasteiger partial charge >= 0.3 is 5.97 Å². The van der Waals surface area contributed by atoms with Gasteiger partial charge in [0.25, 0.3) is 5.91 Å². The Morgan fingerprint density at radius 2 is 2.19 bits per heavy atom. The van der Waals surface area contributed by atoms with Gasteiger partial charge in [0.1, 0.15) is 11.9 Å². The quantitative estimate of drug-likeness (QED) is 0.932. The Balaban J connectivity index is 2.26. The van der Waals surface area contributed by atoms with Gasteiger partial charge in [0, 0.05) is 11.6 Å². The smallest absolute Gasteiger partial charge is 0.326 e. The van der Waals surface area contributed by atoms with Gasteiger partial charge < -0.3 is 10.0 Å². The number of amides is 1. The third kappa shape index (κ3) is 3.35. The van der Waals surface area contributed by atoms with Gasteiger partial charge in [-0.2, -0.15) is 0 Å². The number of rotatable bonds is 3. The van der Waals surface area contributed by atoms with E-state index >= 15 is 0 Å². The van der Waals surface area contributed by atoms with Crippen molar-refractivity contribution in [2.75, 3.05) is 6.54 Å². The number of halogens is 2. The maximum atomic E-state index is 13.8. The second-order valence-corrected chi connectivity index (χ2v) is 5.71. The Bertz CT molecular complexity index is 564. The largest absolute Gasteiger partial charge is 0.480 e. The van der Waals surface area contributed by atoms with Crippen LogP contribution in [0.1, 0.15) is 36.5 Å². The number of carboxylic acids is 1. The van der Waals surface area contributed by atoms with Crippen molar-refractivity contribution in [3.63, 3.8) is 0 Å². The minimum absolute atomic E-state index is 0.138. The van der Waals surface area contributed by atoms with Crippen molar-refractivity contribution in [2.24, 2.45) is 5.92 Å². The van der Waals surface area contributed by atoms with Crippen LogP contribution in [0.4, 0.5) is 4.39 Å². The van der Waals surface area contributed by atoms with Crippen LogP contribution in [-0.2, 0) is 4.79 Å². The van der Waals surface area contributed by atoms with E-state index in [4.69, 9.17) is 11.6 Å². The van der Waals surface area contributed by atoms with Crippen LogP contribution in [0.25, 0.3) is 0 Å². The normalized spacial score (nSPS) is 22.1. The first kappa shape index (κ1) is 15.8. The van der Waals surface area contributed by atoms with Crippen molar-refractivity contribution in [3.8, 4) is 0 Å². The third-order valence-corrected chi connectivity index (χ3v) is 4.23. The number of nitrogens with zero attached hydrogens (tertiary/aromatic N) is 1. The van der Waals surface area contributed by atoms with Crippen LogP contribution < -0.4 is 0 Å². The molecule has 4 nitrogen and oxygen atoms in total. The first-order chi connectivity index (χ1) is 9.93. The summed E-state index contributed by atoms with van der Waals surface area (Å²) in [7, 11) is 0. The van der Waals surface area contributed by atoms with E-state index in [1.165, 1.54) is 17.0 Å². The van der Waals surface area contributed by atoms with Crippen molar-refractivity contribution < 1.29 is 19.1 Å². The van der Waals surface area contributed by atoms with Crippen LogP contribution in [0.15, 0.2) is 18.2 Å². The van der Waals surface area contributed by atoms with Crippen molar-refractivity contribution in [1.29, 1.82) is 0 Å². The maximum Gasteiger partial charge on any atom is 0.326 e. The van der Waals surface area contributed by atoms with Gasteiger partial charge in [-0.1, -0.05) is 24.9 Å². The van der Waals surface area contributed by atoms with Gasteiger partial charge in [0.15, 0.2) is 0 Å². The third-order valence-electron chi connectivity index (χ3n) is 4.00. The molecule has 1 aromatic carbocycles. The van der Waals surface area contributed by atoms with Gasteiger partial charge in [0.05, 0.1) is 5.56 Å². The Morgan fingerprint density at radius 3 is 2.76 bits per heavy atom. The topological polar surface area (TPSA) is 57.6 Å². The van der Waals surface area contributed by atoms with E-state index in [0.29, 0.717) is 13.0 Å². The molecule has 6 heteroatoms. The molecule has 1 amide bonds. The zero-order valence-electron chi connectivity index (χ0n) is 11.7. The fourth-order valence-corrected chi connectivity index (χ4v) is 2.86. The molecular formula is C15H17ClFNO3. The van der Waals surface area contributed by atoms with Crippen molar-refractivity contribution in [1.82, 2.24) is 4.90 Å². The van der Waals surface area contributed by atoms with Crippen LogP contribution >= 0.6 is 11.6 Å². The van der Waals surface area contributed by atoms with Crippen molar-refractivity contribution in [3.05, 3.63) is 34.6 Å². The number of benzene rings is 1. The van der Waals surface area contributed by atoms with E-state index in [2.05, 4.69) is 0 Å². The molecule has 1 aromatic rings. The molecule has 1 aliphatic rings. The van der Waals surface area contributed by atoms with Crippen LogP contribution in [0.3, 0.4) is 0 Å². The monoisotopic (exact) mass is 313 g/mol. The minimum atomic E-state index is -1.05. The van der Waals surface area contributed by atoms with Gasteiger partial charge in [-0.25, -0.2) is 9.18 Å². The second-order valence-electron chi connectivity index (χ2n) is 5.28. The minimum Gasteiger partial charge on any atom is -0.480 e. The van der Waals surface area contributed by atoms with Crippen LogP contribution in [-0.4, -0.2) is 34.5 Å².